The van der Waals surface area contributed by atoms with Crippen molar-refractivity contribution >= 4 is 17.4 Å². The van der Waals surface area contributed by atoms with Gasteiger partial charge in [-0.2, -0.15) is 11.8 Å². The molecule has 2 nitrogen and oxygen atoms in total. The third kappa shape index (κ3) is 3.06. The number of hydrogen-bond donors (Lipinski definition) is 1. The quantitative estimate of drug-likeness (QED) is 0.912. The minimum absolute atomic E-state index is 0.0731. The van der Waals surface area contributed by atoms with Crippen molar-refractivity contribution in [2.45, 2.75) is 38.4 Å². The summed E-state index contributed by atoms with van der Waals surface area (Å²) >= 11 is 1.99. The molecule has 3 rings (SSSR count). The van der Waals surface area contributed by atoms with E-state index in [1.54, 1.807) is 6.07 Å². The first-order valence-electron chi connectivity index (χ1n) is 7.11. The smallest absolute Gasteiger partial charge is 0.129 e. The normalized spacial score (nSPS) is 23.7. The van der Waals surface area contributed by atoms with Crippen LogP contribution in [0.15, 0.2) is 18.2 Å². The van der Waals surface area contributed by atoms with Crippen molar-refractivity contribution in [2.24, 2.45) is 0 Å². The summed E-state index contributed by atoms with van der Waals surface area (Å²) in [4.78, 5) is 2.36. The molecule has 0 spiro atoms. The molecular weight excluding hydrogens is 259 g/mol. The third-order valence-corrected chi connectivity index (χ3v) is 5.11. The lowest BCUT2D eigenvalue weighted by Gasteiger charge is -2.36. The van der Waals surface area contributed by atoms with Crippen molar-refractivity contribution in [2.75, 3.05) is 23.0 Å². The molecule has 0 aromatic heterocycles. The molecule has 1 heterocycles. The Kier molecular flexibility index (Phi) is 3.99. The largest absolute Gasteiger partial charge is 0.367 e. The molecule has 1 saturated carbocycles. The number of thioether (sulfide) groups is 1. The molecular formula is C15H21FN2S. The Morgan fingerprint density at radius 1 is 1.42 bits per heavy atom. The van der Waals surface area contributed by atoms with Gasteiger partial charge in [0.1, 0.15) is 5.82 Å². The van der Waals surface area contributed by atoms with E-state index in [1.807, 2.05) is 17.8 Å². The van der Waals surface area contributed by atoms with E-state index in [4.69, 9.17) is 0 Å². The second-order valence-electron chi connectivity index (χ2n) is 5.51. The van der Waals surface area contributed by atoms with Crippen molar-refractivity contribution < 1.29 is 4.39 Å². The lowest BCUT2D eigenvalue weighted by Crippen LogP contribution is -2.41. The highest BCUT2D eigenvalue weighted by atomic mass is 32.2. The van der Waals surface area contributed by atoms with Crippen LogP contribution in [-0.2, 0) is 6.54 Å². The number of nitrogens with zero attached hydrogens (tertiary/aromatic N) is 1. The van der Waals surface area contributed by atoms with E-state index in [9.17, 15) is 4.39 Å². The van der Waals surface area contributed by atoms with Gasteiger partial charge in [-0.15, -0.1) is 0 Å². The summed E-state index contributed by atoms with van der Waals surface area (Å²) in [5.74, 6) is 2.19. The summed E-state index contributed by atoms with van der Waals surface area (Å²) in [6.45, 7) is 3.91. The van der Waals surface area contributed by atoms with Crippen molar-refractivity contribution in [1.29, 1.82) is 0 Å². The topological polar surface area (TPSA) is 15.3 Å². The second kappa shape index (κ2) is 5.71. The second-order valence-corrected chi connectivity index (χ2v) is 6.66. The summed E-state index contributed by atoms with van der Waals surface area (Å²) in [7, 11) is 0. The van der Waals surface area contributed by atoms with Crippen LogP contribution in [0.5, 0.6) is 0 Å². The van der Waals surface area contributed by atoms with E-state index in [0.29, 0.717) is 18.6 Å². The Morgan fingerprint density at radius 2 is 2.26 bits per heavy atom. The fourth-order valence-electron chi connectivity index (χ4n) is 2.61. The number of halogens is 1. The van der Waals surface area contributed by atoms with Crippen LogP contribution < -0.4 is 10.2 Å². The zero-order valence-electron chi connectivity index (χ0n) is 11.4. The predicted octanol–water partition coefficient (Wildman–Crippen LogP) is 3.02. The van der Waals surface area contributed by atoms with Crippen molar-refractivity contribution in [1.82, 2.24) is 5.32 Å². The SMILES string of the molecule is CC1CSCCN1c1cccc(F)c1CNC1CC1. The van der Waals surface area contributed by atoms with Gasteiger partial charge in [0.05, 0.1) is 0 Å². The van der Waals surface area contributed by atoms with Crippen molar-refractivity contribution in [3.63, 3.8) is 0 Å². The average Bonchev–Trinajstić information content (AvgIpc) is 3.22. The van der Waals surface area contributed by atoms with Crippen LogP contribution in [0.2, 0.25) is 0 Å². The summed E-state index contributed by atoms with van der Waals surface area (Å²) < 4.78 is 14.1. The maximum atomic E-state index is 14.1. The van der Waals surface area contributed by atoms with E-state index < -0.39 is 0 Å². The molecule has 1 N–H and O–H groups in total. The molecule has 1 aromatic carbocycles. The Morgan fingerprint density at radius 3 is 3.00 bits per heavy atom. The number of hydrogen-bond acceptors (Lipinski definition) is 3. The van der Waals surface area contributed by atoms with E-state index in [2.05, 4.69) is 23.2 Å². The van der Waals surface area contributed by atoms with Crippen LogP contribution in [0.4, 0.5) is 10.1 Å². The highest BCUT2D eigenvalue weighted by Gasteiger charge is 2.25. The Balaban J connectivity index is 1.83. The first-order chi connectivity index (χ1) is 9.25. The Labute approximate surface area is 118 Å². The molecule has 0 bridgehead atoms. The van der Waals surface area contributed by atoms with Crippen LogP contribution >= 0.6 is 11.8 Å². The minimum atomic E-state index is -0.0731. The molecule has 1 aliphatic carbocycles. The summed E-state index contributed by atoms with van der Waals surface area (Å²) in [6.07, 6.45) is 2.47. The highest BCUT2D eigenvalue weighted by molar-refractivity contribution is 7.99. The van der Waals surface area contributed by atoms with E-state index >= 15 is 0 Å². The van der Waals surface area contributed by atoms with Gasteiger partial charge in [0.25, 0.3) is 0 Å². The highest BCUT2D eigenvalue weighted by Crippen LogP contribution is 2.29. The van der Waals surface area contributed by atoms with Gasteiger partial charge in [-0.05, 0) is 31.9 Å². The van der Waals surface area contributed by atoms with Gasteiger partial charge in [-0.3, -0.25) is 0 Å². The molecule has 104 valence electrons. The number of benzene rings is 1. The first-order valence-corrected chi connectivity index (χ1v) is 8.26. The maximum Gasteiger partial charge on any atom is 0.129 e. The molecule has 1 saturated heterocycles. The van der Waals surface area contributed by atoms with Crippen molar-refractivity contribution in [3.05, 3.63) is 29.6 Å². The molecule has 1 atom stereocenters. The summed E-state index contributed by atoms with van der Waals surface area (Å²) in [5, 5.41) is 3.44. The average molecular weight is 280 g/mol. The van der Waals surface area contributed by atoms with Crippen molar-refractivity contribution in [3.8, 4) is 0 Å². The van der Waals surface area contributed by atoms with Gasteiger partial charge in [0.2, 0.25) is 0 Å². The lowest BCUT2D eigenvalue weighted by molar-refractivity contribution is 0.581. The molecule has 1 aliphatic heterocycles. The molecule has 1 aromatic rings. The molecule has 1 unspecified atom stereocenters. The monoisotopic (exact) mass is 280 g/mol. The van der Waals surface area contributed by atoms with Crippen LogP contribution in [0, 0.1) is 5.82 Å². The molecule has 19 heavy (non-hydrogen) atoms. The zero-order valence-corrected chi connectivity index (χ0v) is 12.2. The molecule has 2 aliphatic rings. The summed E-state index contributed by atoms with van der Waals surface area (Å²) in [6, 6.07) is 6.58. The molecule has 0 radical (unpaired) electrons. The Bertz CT molecular complexity index is 448. The first kappa shape index (κ1) is 13.3. The van der Waals surface area contributed by atoms with E-state index in [0.717, 1.165) is 29.3 Å². The fourth-order valence-corrected chi connectivity index (χ4v) is 3.62. The van der Waals surface area contributed by atoms with Crippen LogP contribution in [-0.4, -0.2) is 30.1 Å². The van der Waals surface area contributed by atoms with Gasteiger partial charge >= 0.3 is 0 Å². The number of nitrogens with one attached hydrogen (secondary N) is 1. The third-order valence-electron chi connectivity index (χ3n) is 3.92. The molecule has 2 fully saturated rings. The standard InChI is InChI=1S/C15H21FN2S/c1-11-10-19-8-7-18(11)15-4-2-3-14(16)13(15)9-17-12-5-6-12/h2-4,11-12,17H,5-10H2,1H3. The van der Waals surface area contributed by atoms with Crippen LogP contribution in [0.25, 0.3) is 0 Å². The fraction of sp³-hybridized carbons (Fsp3) is 0.600. The number of rotatable bonds is 4. The van der Waals surface area contributed by atoms with Gasteiger partial charge in [0.15, 0.2) is 0 Å². The predicted molar refractivity (Wildman–Crippen MR) is 80.4 cm³/mol. The maximum absolute atomic E-state index is 14.1. The summed E-state index contributed by atoms with van der Waals surface area (Å²) in [5.41, 5.74) is 1.93. The molecule has 4 heteroatoms. The van der Waals surface area contributed by atoms with Crippen LogP contribution in [0.3, 0.4) is 0 Å². The van der Waals surface area contributed by atoms with E-state index in [1.165, 1.54) is 12.8 Å². The van der Waals surface area contributed by atoms with Gasteiger partial charge in [-0.25, -0.2) is 4.39 Å². The number of anilines is 1. The van der Waals surface area contributed by atoms with Crippen LogP contribution in [0.1, 0.15) is 25.3 Å². The minimum Gasteiger partial charge on any atom is -0.367 e. The van der Waals surface area contributed by atoms with Gasteiger partial charge in [0, 0.05) is 47.9 Å². The van der Waals surface area contributed by atoms with Gasteiger partial charge in [-0.1, -0.05) is 6.07 Å². The molecule has 0 amide bonds. The zero-order chi connectivity index (χ0) is 13.2. The van der Waals surface area contributed by atoms with E-state index in [-0.39, 0.29) is 5.82 Å². The lowest BCUT2D eigenvalue weighted by atomic mass is 10.1. The van der Waals surface area contributed by atoms with Gasteiger partial charge < -0.3 is 10.2 Å². The Hall–Kier alpha value is -0.740.